The van der Waals surface area contributed by atoms with Gasteiger partial charge >= 0.3 is 0 Å². The molecule has 2 atom stereocenters. The van der Waals surface area contributed by atoms with E-state index in [2.05, 4.69) is 10.3 Å². The number of amides is 2. The number of nitrogens with one attached hydrogen (secondary N) is 1. The number of nitrogens with zero attached hydrogens (tertiary/aromatic N) is 3. The second-order valence-corrected chi connectivity index (χ2v) is 10.2. The number of rotatable bonds is 6. The maximum atomic E-state index is 13.5. The highest BCUT2D eigenvalue weighted by atomic mass is 35.5. The third-order valence-electron chi connectivity index (χ3n) is 6.09. The second kappa shape index (κ2) is 10.9. The molecular weight excluding hydrogens is 534 g/mol. The molecule has 0 radical (unpaired) electrons. The van der Waals surface area contributed by atoms with Gasteiger partial charge in [0.25, 0.3) is 5.91 Å². The van der Waals surface area contributed by atoms with E-state index < -0.39 is 28.7 Å². The highest BCUT2D eigenvalue weighted by Gasteiger charge is 2.39. The van der Waals surface area contributed by atoms with Gasteiger partial charge in [0, 0.05) is 29.6 Å². The maximum absolute atomic E-state index is 13.5. The van der Waals surface area contributed by atoms with E-state index in [0.717, 1.165) is 40.7 Å². The van der Waals surface area contributed by atoms with Crippen molar-refractivity contribution in [2.24, 2.45) is 10.1 Å². The van der Waals surface area contributed by atoms with Crippen LogP contribution in [0.4, 0.5) is 14.5 Å². The van der Waals surface area contributed by atoms with Crippen molar-refractivity contribution in [2.45, 2.75) is 24.1 Å². The molecule has 11 heteroatoms. The molecule has 5 rings (SSSR count). The third kappa shape index (κ3) is 5.56. The van der Waals surface area contributed by atoms with E-state index in [1.165, 1.54) is 6.07 Å². The molecule has 1 N–H and O–H groups in total. The van der Waals surface area contributed by atoms with Gasteiger partial charge < -0.3 is 10.1 Å². The summed E-state index contributed by atoms with van der Waals surface area (Å²) in [5.41, 5.74) is 2.75. The minimum absolute atomic E-state index is 0.0989. The smallest absolute Gasteiger partial charge is 0.262 e. The van der Waals surface area contributed by atoms with Crippen LogP contribution in [0, 0.1) is 11.6 Å². The van der Waals surface area contributed by atoms with Crippen molar-refractivity contribution in [1.29, 1.82) is 0 Å². The van der Waals surface area contributed by atoms with E-state index in [1.807, 2.05) is 36.4 Å². The Bertz CT molecular complexity index is 1450. The zero-order valence-corrected chi connectivity index (χ0v) is 21.6. The number of carbonyl (C=O) groups excluding carboxylic acids is 2. The van der Waals surface area contributed by atoms with Crippen molar-refractivity contribution in [1.82, 2.24) is 5.01 Å². The number of aliphatic imine (C=N–C) groups is 1. The summed E-state index contributed by atoms with van der Waals surface area (Å²) in [7, 11) is 1.59. The Balaban J connectivity index is 1.34. The van der Waals surface area contributed by atoms with Gasteiger partial charge in [-0.15, -0.1) is 0 Å². The van der Waals surface area contributed by atoms with E-state index in [4.69, 9.17) is 21.4 Å². The Hall–Kier alpha value is -3.76. The SMILES string of the molecule is COc1ccc([C@@H]2CC(c3ccc(Cl)cc3)=NN2C2=NC(=O)[C@H](CC(=O)Nc3ccc(F)c(F)c3)S2)cc1. The number of anilines is 1. The fourth-order valence-electron chi connectivity index (χ4n) is 4.15. The van der Waals surface area contributed by atoms with Gasteiger partial charge in [-0.2, -0.15) is 10.1 Å². The lowest BCUT2D eigenvalue weighted by molar-refractivity contribution is -0.121. The second-order valence-electron chi connectivity index (χ2n) is 8.61. The number of benzene rings is 3. The van der Waals surface area contributed by atoms with Crippen LogP contribution in [-0.4, -0.2) is 40.1 Å². The fourth-order valence-corrected chi connectivity index (χ4v) is 5.34. The lowest BCUT2D eigenvalue weighted by Gasteiger charge is -2.23. The summed E-state index contributed by atoms with van der Waals surface area (Å²) in [5.74, 6) is -2.36. The molecule has 0 aliphatic carbocycles. The molecule has 2 aliphatic heterocycles. The van der Waals surface area contributed by atoms with E-state index in [0.29, 0.717) is 22.4 Å². The van der Waals surface area contributed by atoms with Gasteiger partial charge in [0.05, 0.1) is 18.9 Å². The molecule has 194 valence electrons. The van der Waals surface area contributed by atoms with Crippen LogP contribution < -0.4 is 10.1 Å². The summed E-state index contributed by atoms with van der Waals surface area (Å²) < 4.78 is 31.9. The van der Waals surface area contributed by atoms with Crippen LogP contribution in [0.2, 0.25) is 5.02 Å². The Morgan fingerprint density at radius 1 is 1.11 bits per heavy atom. The Kier molecular flexibility index (Phi) is 7.44. The molecular formula is C27H21ClF2N4O3S. The number of hydrogen-bond donors (Lipinski definition) is 1. The van der Waals surface area contributed by atoms with Crippen LogP contribution in [0.5, 0.6) is 5.75 Å². The molecule has 3 aromatic carbocycles. The highest BCUT2D eigenvalue weighted by molar-refractivity contribution is 8.15. The number of amidine groups is 1. The van der Waals surface area contributed by atoms with Crippen molar-refractivity contribution in [3.05, 3.63) is 94.5 Å². The molecule has 0 fully saturated rings. The van der Waals surface area contributed by atoms with Crippen LogP contribution in [0.3, 0.4) is 0 Å². The largest absolute Gasteiger partial charge is 0.497 e. The molecule has 0 bridgehead atoms. The first-order valence-electron chi connectivity index (χ1n) is 11.6. The van der Waals surface area contributed by atoms with E-state index in [9.17, 15) is 18.4 Å². The van der Waals surface area contributed by atoms with Crippen molar-refractivity contribution >= 4 is 51.7 Å². The quantitative estimate of drug-likeness (QED) is 0.416. The highest BCUT2D eigenvalue weighted by Crippen LogP contribution is 2.39. The van der Waals surface area contributed by atoms with Crippen LogP contribution in [0.15, 0.2) is 76.8 Å². The molecule has 0 unspecified atom stereocenters. The average Bonchev–Trinajstić information content (AvgIpc) is 3.50. The molecule has 7 nitrogen and oxygen atoms in total. The number of hydrogen-bond acceptors (Lipinski definition) is 6. The summed E-state index contributed by atoms with van der Waals surface area (Å²) in [4.78, 5) is 29.5. The minimum Gasteiger partial charge on any atom is -0.497 e. The summed E-state index contributed by atoms with van der Waals surface area (Å²) >= 11 is 7.20. The maximum Gasteiger partial charge on any atom is 0.262 e. The normalized spacial score (nSPS) is 18.8. The van der Waals surface area contributed by atoms with Crippen LogP contribution in [-0.2, 0) is 9.59 Å². The number of thioether (sulfide) groups is 1. The van der Waals surface area contributed by atoms with Gasteiger partial charge in [-0.05, 0) is 47.5 Å². The molecule has 0 spiro atoms. The third-order valence-corrected chi connectivity index (χ3v) is 7.48. The minimum atomic E-state index is -1.08. The standard InChI is InChI=1S/C27H21ClF2N4O3S/c1-37-19-9-4-16(5-10-19)23-13-22(15-2-6-17(28)7-3-15)33-34(23)27-32-26(36)24(38-27)14-25(35)31-18-8-11-20(29)21(30)12-18/h2-12,23-24H,13-14H2,1H3,(H,31,35)/t23-,24-/m0/s1. The first-order valence-corrected chi connectivity index (χ1v) is 12.9. The van der Waals surface area contributed by atoms with E-state index >= 15 is 0 Å². The number of methoxy groups -OCH3 is 1. The van der Waals surface area contributed by atoms with E-state index in [1.54, 1.807) is 24.3 Å². The number of hydrazone groups is 1. The molecule has 38 heavy (non-hydrogen) atoms. The summed E-state index contributed by atoms with van der Waals surface area (Å²) in [6.45, 7) is 0. The fraction of sp³-hybridized carbons (Fsp3) is 0.185. The summed E-state index contributed by atoms with van der Waals surface area (Å²) in [5, 5.41) is 9.22. The van der Waals surface area contributed by atoms with Crippen LogP contribution >= 0.6 is 23.4 Å². The van der Waals surface area contributed by atoms with Gasteiger partial charge in [0.1, 0.15) is 11.0 Å². The number of carbonyl (C=O) groups is 2. The Labute approximate surface area is 226 Å². The van der Waals surface area contributed by atoms with Crippen LogP contribution in [0.1, 0.15) is 30.0 Å². The predicted molar refractivity (Wildman–Crippen MR) is 144 cm³/mol. The Morgan fingerprint density at radius 3 is 2.53 bits per heavy atom. The molecule has 2 heterocycles. The van der Waals surface area contributed by atoms with Crippen LogP contribution in [0.25, 0.3) is 0 Å². The average molecular weight is 555 g/mol. The zero-order chi connectivity index (χ0) is 26.8. The lowest BCUT2D eigenvalue weighted by Crippen LogP contribution is -2.25. The zero-order valence-electron chi connectivity index (χ0n) is 20.0. The number of halogens is 3. The van der Waals surface area contributed by atoms with Crippen molar-refractivity contribution < 1.29 is 23.1 Å². The first-order chi connectivity index (χ1) is 18.3. The van der Waals surface area contributed by atoms with Crippen molar-refractivity contribution in [3.8, 4) is 5.75 Å². The van der Waals surface area contributed by atoms with Crippen molar-refractivity contribution in [2.75, 3.05) is 12.4 Å². The Morgan fingerprint density at radius 2 is 1.84 bits per heavy atom. The first kappa shape index (κ1) is 25.9. The predicted octanol–water partition coefficient (Wildman–Crippen LogP) is 5.80. The van der Waals surface area contributed by atoms with Gasteiger partial charge in [-0.1, -0.05) is 47.6 Å². The molecule has 0 saturated carbocycles. The molecule has 0 saturated heterocycles. The molecule has 0 aromatic heterocycles. The van der Waals surface area contributed by atoms with Gasteiger partial charge in [-0.3, -0.25) is 9.59 Å². The lowest BCUT2D eigenvalue weighted by atomic mass is 9.98. The summed E-state index contributed by atoms with van der Waals surface area (Å²) in [6.07, 6.45) is 0.368. The van der Waals surface area contributed by atoms with Crippen molar-refractivity contribution in [3.63, 3.8) is 0 Å². The number of ether oxygens (including phenoxy) is 1. The van der Waals surface area contributed by atoms with E-state index in [-0.39, 0.29) is 18.2 Å². The van der Waals surface area contributed by atoms with Gasteiger partial charge in [-0.25, -0.2) is 13.8 Å². The monoisotopic (exact) mass is 554 g/mol. The molecule has 2 aliphatic rings. The van der Waals surface area contributed by atoms with Gasteiger partial charge in [0.2, 0.25) is 5.91 Å². The summed E-state index contributed by atoms with van der Waals surface area (Å²) in [6, 6.07) is 17.7. The molecule has 3 aromatic rings. The molecule has 2 amide bonds. The van der Waals surface area contributed by atoms with Gasteiger partial charge in [0.15, 0.2) is 16.8 Å². The topological polar surface area (TPSA) is 83.4 Å².